The quantitative estimate of drug-likeness (QED) is 0.788. The molecule has 0 amide bonds. The maximum absolute atomic E-state index is 5.91. The van der Waals surface area contributed by atoms with Gasteiger partial charge in [0.05, 0.1) is 12.2 Å². The van der Waals surface area contributed by atoms with Crippen molar-refractivity contribution in [3.8, 4) is 0 Å². The van der Waals surface area contributed by atoms with Crippen LogP contribution >= 0.6 is 11.6 Å². The predicted octanol–water partition coefficient (Wildman–Crippen LogP) is 1.33. The Morgan fingerprint density at radius 3 is 2.87 bits per heavy atom. The Hall–Kier alpha value is -1.49. The van der Waals surface area contributed by atoms with Crippen molar-refractivity contribution in [2.75, 3.05) is 0 Å². The Kier molecular flexibility index (Phi) is 2.91. The Balaban J connectivity index is 2.27. The van der Waals surface area contributed by atoms with E-state index in [9.17, 15) is 0 Å². The first kappa shape index (κ1) is 10.0. The van der Waals surface area contributed by atoms with Gasteiger partial charge in [-0.3, -0.25) is 4.57 Å². The highest BCUT2D eigenvalue weighted by Crippen LogP contribution is 2.10. The number of aryl methyl sites for hydroxylation is 1. The summed E-state index contributed by atoms with van der Waals surface area (Å²) in [6.07, 6.45) is 2.43. The molecule has 2 heterocycles. The van der Waals surface area contributed by atoms with Crippen molar-refractivity contribution < 1.29 is 0 Å². The zero-order chi connectivity index (χ0) is 10.7. The van der Waals surface area contributed by atoms with Crippen LogP contribution in [0.2, 0.25) is 5.28 Å². The van der Waals surface area contributed by atoms with Crippen LogP contribution in [0.15, 0.2) is 18.3 Å². The fourth-order valence-corrected chi connectivity index (χ4v) is 1.51. The zero-order valence-corrected chi connectivity index (χ0v) is 9.02. The molecule has 0 saturated carbocycles. The molecule has 0 radical (unpaired) electrons. The average molecular weight is 224 g/mol. The van der Waals surface area contributed by atoms with Crippen LogP contribution in [0.25, 0.3) is 0 Å². The summed E-state index contributed by atoms with van der Waals surface area (Å²) in [5, 5.41) is 16.0. The Morgan fingerprint density at radius 2 is 2.20 bits per heavy atom. The molecule has 2 aromatic rings. The number of rotatable bonds is 3. The molecule has 0 saturated heterocycles. The van der Waals surface area contributed by atoms with Crippen LogP contribution < -0.4 is 0 Å². The molecule has 5 nitrogen and oxygen atoms in total. The first-order valence-electron chi connectivity index (χ1n) is 4.65. The van der Waals surface area contributed by atoms with Gasteiger partial charge >= 0.3 is 0 Å². The molecule has 6 heteroatoms. The summed E-state index contributed by atoms with van der Waals surface area (Å²) in [7, 11) is 0. The molecule has 0 aromatic carbocycles. The molecule has 2 rings (SSSR count). The Labute approximate surface area is 92.1 Å². The fourth-order valence-electron chi connectivity index (χ4n) is 1.31. The number of nitrogens with zero attached hydrogens (tertiary/aromatic N) is 5. The molecular formula is C9H10ClN5. The van der Waals surface area contributed by atoms with Crippen molar-refractivity contribution in [3.05, 3.63) is 35.1 Å². The third kappa shape index (κ3) is 2.12. The molecule has 2 aromatic heterocycles. The molecule has 0 N–H and O–H groups in total. The van der Waals surface area contributed by atoms with E-state index < -0.39 is 0 Å². The van der Waals surface area contributed by atoms with Gasteiger partial charge in [0.15, 0.2) is 0 Å². The average Bonchev–Trinajstić information content (AvgIpc) is 2.62. The standard InChI is InChI=1S/C9H10ClN5/c1-2-8-13-14-9(10)15(8)6-7-4-3-5-11-12-7/h3-5H,2,6H2,1H3. The monoisotopic (exact) mass is 223 g/mol. The van der Waals surface area contributed by atoms with Crippen LogP contribution in [0.3, 0.4) is 0 Å². The van der Waals surface area contributed by atoms with Crippen LogP contribution in [0.5, 0.6) is 0 Å². The summed E-state index contributed by atoms with van der Waals surface area (Å²) in [4.78, 5) is 0. The van der Waals surface area contributed by atoms with Gasteiger partial charge in [0.25, 0.3) is 0 Å². The van der Waals surface area contributed by atoms with Gasteiger partial charge in [0, 0.05) is 12.6 Å². The van der Waals surface area contributed by atoms with Crippen LogP contribution in [0.1, 0.15) is 18.4 Å². The molecule has 0 spiro atoms. The van der Waals surface area contributed by atoms with E-state index in [1.165, 1.54) is 0 Å². The highest BCUT2D eigenvalue weighted by atomic mass is 35.5. The zero-order valence-electron chi connectivity index (χ0n) is 8.26. The summed E-state index contributed by atoms with van der Waals surface area (Å²) in [5.74, 6) is 0.852. The summed E-state index contributed by atoms with van der Waals surface area (Å²) >= 11 is 5.91. The van der Waals surface area contributed by atoms with Gasteiger partial charge in [0.2, 0.25) is 5.28 Å². The minimum atomic E-state index is 0.387. The molecule has 0 fully saturated rings. The summed E-state index contributed by atoms with van der Waals surface area (Å²) in [6, 6.07) is 3.73. The number of aromatic nitrogens is 5. The lowest BCUT2D eigenvalue weighted by Crippen LogP contribution is -2.06. The third-order valence-electron chi connectivity index (χ3n) is 2.05. The predicted molar refractivity (Wildman–Crippen MR) is 55.5 cm³/mol. The van der Waals surface area contributed by atoms with Gasteiger partial charge < -0.3 is 0 Å². The minimum absolute atomic E-state index is 0.387. The Bertz CT molecular complexity index is 439. The smallest absolute Gasteiger partial charge is 0.225 e. The second kappa shape index (κ2) is 4.35. The van der Waals surface area contributed by atoms with Crippen molar-refractivity contribution in [3.63, 3.8) is 0 Å². The number of hydrogen-bond acceptors (Lipinski definition) is 4. The normalized spacial score (nSPS) is 10.5. The van der Waals surface area contributed by atoms with Crippen molar-refractivity contribution >= 4 is 11.6 Å². The lowest BCUT2D eigenvalue weighted by atomic mass is 10.3. The molecule has 0 bridgehead atoms. The largest absolute Gasteiger partial charge is 0.296 e. The van der Waals surface area contributed by atoms with E-state index in [2.05, 4.69) is 20.4 Å². The molecule has 0 aliphatic rings. The first-order chi connectivity index (χ1) is 7.31. The van der Waals surface area contributed by atoms with Gasteiger partial charge in [-0.1, -0.05) is 6.92 Å². The molecule has 0 atom stereocenters. The second-order valence-corrected chi connectivity index (χ2v) is 3.38. The number of hydrogen-bond donors (Lipinski definition) is 0. The van der Waals surface area contributed by atoms with Crippen molar-refractivity contribution in [1.82, 2.24) is 25.0 Å². The highest BCUT2D eigenvalue weighted by molar-refractivity contribution is 6.28. The first-order valence-corrected chi connectivity index (χ1v) is 5.03. The van der Waals surface area contributed by atoms with Gasteiger partial charge in [-0.05, 0) is 23.7 Å². The third-order valence-corrected chi connectivity index (χ3v) is 2.33. The maximum Gasteiger partial charge on any atom is 0.225 e. The van der Waals surface area contributed by atoms with Crippen molar-refractivity contribution in [2.45, 2.75) is 19.9 Å². The summed E-state index contributed by atoms with van der Waals surface area (Å²) in [6.45, 7) is 2.57. The SMILES string of the molecule is CCc1nnc(Cl)n1Cc1cccnn1. The van der Waals surface area contributed by atoms with Crippen LogP contribution in [0, 0.1) is 0 Å². The molecule has 15 heavy (non-hydrogen) atoms. The van der Waals surface area contributed by atoms with E-state index in [1.54, 1.807) is 6.20 Å². The minimum Gasteiger partial charge on any atom is -0.296 e. The lowest BCUT2D eigenvalue weighted by molar-refractivity contribution is 0.705. The number of halogens is 1. The van der Waals surface area contributed by atoms with Crippen LogP contribution in [0.4, 0.5) is 0 Å². The van der Waals surface area contributed by atoms with Crippen LogP contribution in [-0.2, 0) is 13.0 Å². The lowest BCUT2D eigenvalue weighted by Gasteiger charge is -2.04. The highest BCUT2D eigenvalue weighted by Gasteiger charge is 2.09. The molecule has 78 valence electrons. The Morgan fingerprint density at radius 1 is 1.33 bits per heavy atom. The van der Waals surface area contributed by atoms with Crippen molar-refractivity contribution in [2.24, 2.45) is 0 Å². The van der Waals surface area contributed by atoms with E-state index in [-0.39, 0.29) is 0 Å². The fraction of sp³-hybridized carbons (Fsp3) is 0.333. The van der Waals surface area contributed by atoms with E-state index in [0.29, 0.717) is 11.8 Å². The molecule has 0 aliphatic carbocycles. The second-order valence-electron chi connectivity index (χ2n) is 3.04. The van der Waals surface area contributed by atoms with Gasteiger partial charge in [-0.25, -0.2) is 0 Å². The van der Waals surface area contributed by atoms with E-state index in [4.69, 9.17) is 11.6 Å². The maximum atomic E-state index is 5.91. The van der Waals surface area contributed by atoms with Crippen molar-refractivity contribution in [1.29, 1.82) is 0 Å². The van der Waals surface area contributed by atoms with E-state index in [1.807, 2.05) is 23.6 Å². The molecule has 0 unspecified atom stereocenters. The van der Waals surface area contributed by atoms with Gasteiger partial charge in [-0.2, -0.15) is 10.2 Å². The topological polar surface area (TPSA) is 56.5 Å². The van der Waals surface area contributed by atoms with E-state index in [0.717, 1.165) is 17.9 Å². The summed E-state index contributed by atoms with van der Waals surface area (Å²) in [5.41, 5.74) is 0.842. The summed E-state index contributed by atoms with van der Waals surface area (Å²) < 4.78 is 1.82. The molecular weight excluding hydrogens is 214 g/mol. The van der Waals surface area contributed by atoms with E-state index >= 15 is 0 Å². The molecule has 0 aliphatic heterocycles. The van der Waals surface area contributed by atoms with Gasteiger partial charge in [-0.15, -0.1) is 10.2 Å². The van der Waals surface area contributed by atoms with Crippen LogP contribution in [-0.4, -0.2) is 25.0 Å². The van der Waals surface area contributed by atoms with Gasteiger partial charge in [0.1, 0.15) is 5.82 Å².